The van der Waals surface area contributed by atoms with E-state index in [0.29, 0.717) is 13.2 Å². The van der Waals surface area contributed by atoms with Gasteiger partial charge in [0.2, 0.25) is 5.60 Å². The third-order valence-corrected chi connectivity index (χ3v) is 3.28. The first kappa shape index (κ1) is 15.3. The fourth-order valence-electron chi connectivity index (χ4n) is 2.42. The Morgan fingerprint density at radius 2 is 1.33 bits per heavy atom. The topological polar surface area (TPSA) is 35.5 Å². The summed E-state index contributed by atoms with van der Waals surface area (Å²) < 4.78 is 11.2. The Morgan fingerprint density at radius 1 is 0.857 bits per heavy atom. The molecule has 2 aromatic rings. The minimum atomic E-state index is -1.21. The van der Waals surface area contributed by atoms with Gasteiger partial charge >= 0.3 is 5.97 Å². The molecule has 0 aliphatic heterocycles. The monoisotopic (exact) mass is 284 g/mol. The zero-order valence-corrected chi connectivity index (χ0v) is 12.4. The molecule has 0 N–H and O–H groups in total. The molecule has 0 saturated heterocycles. The fourth-order valence-corrected chi connectivity index (χ4v) is 2.42. The highest BCUT2D eigenvalue weighted by Crippen LogP contribution is 2.35. The molecule has 0 aliphatic carbocycles. The van der Waals surface area contributed by atoms with Gasteiger partial charge in [-0.15, -0.1) is 0 Å². The highest BCUT2D eigenvalue weighted by atomic mass is 16.6. The van der Waals surface area contributed by atoms with Gasteiger partial charge in [-0.3, -0.25) is 0 Å². The minimum absolute atomic E-state index is 0.313. The summed E-state index contributed by atoms with van der Waals surface area (Å²) in [6.45, 7) is 4.39. The lowest BCUT2D eigenvalue weighted by molar-refractivity contribution is -0.167. The molecule has 2 aromatic carbocycles. The van der Waals surface area contributed by atoms with Crippen LogP contribution in [-0.4, -0.2) is 19.2 Å². The van der Waals surface area contributed by atoms with Crippen LogP contribution in [0.15, 0.2) is 60.7 Å². The van der Waals surface area contributed by atoms with Gasteiger partial charge in [-0.1, -0.05) is 60.7 Å². The fraction of sp³-hybridized carbons (Fsp3) is 0.278. The van der Waals surface area contributed by atoms with Crippen LogP contribution < -0.4 is 0 Å². The molecule has 0 radical (unpaired) electrons. The van der Waals surface area contributed by atoms with Gasteiger partial charge in [-0.2, -0.15) is 0 Å². The Bertz CT molecular complexity index is 524. The van der Waals surface area contributed by atoms with Crippen LogP contribution in [0.25, 0.3) is 0 Å². The second-order valence-electron chi connectivity index (χ2n) is 4.57. The van der Waals surface area contributed by atoms with Crippen LogP contribution in [0.1, 0.15) is 25.0 Å². The molecule has 2 rings (SSSR count). The van der Waals surface area contributed by atoms with Crippen molar-refractivity contribution in [1.29, 1.82) is 0 Å². The van der Waals surface area contributed by atoms with Crippen molar-refractivity contribution in [3.63, 3.8) is 0 Å². The van der Waals surface area contributed by atoms with Gasteiger partial charge in [0.1, 0.15) is 0 Å². The standard InChI is InChI=1S/C18H20O3/c1-3-20-17(19)18(21-4-2,15-11-7-5-8-12-15)16-13-9-6-10-14-16/h5-14H,3-4H2,1-2H3. The van der Waals surface area contributed by atoms with Crippen LogP contribution in [-0.2, 0) is 19.9 Å². The van der Waals surface area contributed by atoms with Crippen molar-refractivity contribution in [2.45, 2.75) is 19.4 Å². The quantitative estimate of drug-likeness (QED) is 0.761. The van der Waals surface area contributed by atoms with E-state index in [1.165, 1.54) is 0 Å². The molecular weight excluding hydrogens is 264 g/mol. The molecule has 3 nitrogen and oxygen atoms in total. The van der Waals surface area contributed by atoms with Gasteiger partial charge in [0, 0.05) is 6.61 Å². The van der Waals surface area contributed by atoms with E-state index < -0.39 is 5.60 Å². The van der Waals surface area contributed by atoms with E-state index in [4.69, 9.17) is 9.47 Å². The molecule has 0 bridgehead atoms. The molecule has 0 unspecified atom stereocenters. The van der Waals surface area contributed by atoms with Crippen molar-refractivity contribution in [3.8, 4) is 0 Å². The van der Waals surface area contributed by atoms with E-state index in [1.54, 1.807) is 6.92 Å². The number of hydrogen-bond donors (Lipinski definition) is 0. The van der Waals surface area contributed by atoms with Gasteiger partial charge in [0.15, 0.2) is 0 Å². The number of rotatable bonds is 6. The first-order valence-corrected chi connectivity index (χ1v) is 7.18. The normalized spacial score (nSPS) is 11.1. The minimum Gasteiger partial charge on any atom is -0.463 e. The zero-order chi connectivity index (χ0) is 15.1. The first-order valence-electron chi connectivity index (χ1n) is 7.18. The van der Waals surface area contributed by atoms with Gasteiger partial charge in [-0.05, 0) is 25.0 Å². The highest BCUT2D eigenvalue weighted by Gasteiger charge is 2.44. The molecule has 0 amide bonds. The molecule has 0 fully saturated rings. The summed E-state index contributed by atoms with van der Waals surface area (Å²) in [7, 11) is 0. The summed E-state index contributed by atoms with van der Waals surface area (Å²) in [5, 5.41) is 0. The van der Waals surface area contributed by atoms with Crippen LogP contribution in [0.4, 0.5) is 0 Å². The predicted octanol–water partition coefficient (Wildman–Crippen LogP) is 3.53. The molecule has 0 spiro atoms. The average molecular weight is 284 g/mol. The summed E-state index contributed by atoms with van der Waals surface area (Å²) >= 11 is 0. The highest BCUT2D eigenvalue weighted by molar-refractivity contribution is 5.85. The number of ether oxygens (including phenoxy) is 2. The first-order chi connectivity index (χ1) is 10.3. The van der Waals surface area contributed by atoms with Crippen molar-refractivity contribution in [3.05, 3.63) is 71.8 Å². The molecule has 21 heavy (non-hydrogen) atoms. The molecule has 0 saturated carbocycles. The van der Waals surface area contributed by atoms with Crippen molar-refractivity contribution >= 4 is 5.97 Å². The summed E-state index contributed by atoms with van der Waals surface area (Å²) in [6, 6.07) is 19.0. The molecule has 0 aliphatic rings. The number of benzene rings is 2. The molecular formula is C18H20O3. The van der Waals surface area contributed by atoms with E-state index in [-0.39, 0.29) is 5.97 Å². The van der Waals surface area contributed by atoms with Crippen molar-refractivity contribution in [2.75, 3.05) is 13.2 Å². The van der Waals surface area contributed by atoms with Crippen molar-refractivity contribution < 1.29 is 14.3 Å². The number of carbonyl (C=O) groups is 1. The predicted molar refractivity (Wildman–Crippen MR) is 81.9 cm³/mol. The van der Waals surface area contributed by atoms with Crippen LogP contribution in [0.2, 0.25) is 0 Å². The third kappa shape index (κ3) is 2.98. The Morgan fingerprint density at radius 3 is 1.71 bits per heavy atom. The zero-order valence-electron chi connectivity index (χ0n) is 12.4. The van der Waals surface area contributed by atoms with E-state index >= 15 is 0 Å². The molecule has 110 valence electrons. The van der Waals surface area contributed by atoms with Crippen LogP contribution >= 0.6 is 0 Å². The Labute approximate surface area is 125 Å². The largest absolute Gasteiger partial charge is 0.463 e. The summed E-state index contributed by atoms with van der Waals surface area (Å²) in [6.07, 6.45) is 0. The van der Waals surface area contributed by atoms with E-state index in [1.807, 2.05) is 67.6 Å². The van der Waals surface area contributed by atoms with Crippen LogP contribution in [0, 0.1) is 0 Å². The summed E-state index contributed by atoms with van der Waals surface area (Å²) in [5.41, 5.74) is 0.334. The number of carbonyl (C=O) groups excluding carboxylic acids is 1. The van der Waals surface area contributed by atoms with Gasteiger partial charge < -0.3 is 9.47 Å². The van der Waals surface area contributed by atoms with Crippen LogP contribution in [0.5, 0.6) is 0 Å². The molecule has 0 atom stereocenters. The smallest absolute Gasteiger partial charge is 0.347 e. The summed E-state index contributed by atoms with van der Waals surface area (Å²) in [5.74, 6) is -0.385. The van der Waals surface area contributed by atoms with Gasteiger partial charge in [0.25, 0.3) is 0 Å². The van der Waals surface area contributed by atoms with Crippen molar-refractivity contribution in [2.24, 2.45) is 0 Å². The van der Waals surface area contributed by atoms with E-state index in [2.05, 4.69) is 0 Å². The maximum absolute atomic E-state index is 12.7. The van der Waals surface area contributed by atoms with Crippen molar-refractivity contribution in [1.82, 2.24) is 0 Å². The lowest BCUT2D eigenvalue weighted by Crippen LogP contribution is -2.41. The second-order valence-corrected chi connectivity index (χ2v) is 4.57. The van der Waals surface area contributed by atoms with E-state index in [9.17, 15) is 4.79 Å². The molecule has 0 heterocycles. The lowest BCUT2D eigenvalue weighted by atomic mass is 9.86. The SMILES string of the molecule is CCOC(=O)C(OCC)(c1ccccc1)c1ccccc1. The van der Waals surface area contributed by atoms with Crippen LogP contribution in [0.3, 0.4) is 0 Å². The third-order valence-electron chi connectivity index (χ3n) is 3.28. The van der Waals surface area contributed by atoms with E-state index in [0.717, 1.165) is 11.1 Å². The van der Waals surface area contributed by atoms with Gasteiger partial charge in [-0.25, -0.2) is 4.79 Å². The molecule has 3 heteroatoms. The second kappa shape index (κ2) is 7.04. The average Bonchev–Trinajstić information content (AvgIpc) is 2.54. The Balaban J connectivity index is 2.63. The number of esters is 1. The Kier molecular flexibility index (Phi) is 5.12. The lowest BCUT2D eigenvalue weighted by Gasteiger charge is -2.32. The maximum Gasteiger partial charge on any atom is 0.347 e. The summed E-state index contributed by atoms with van der Waals surface area (Å²) in [4.78, 5) is 12.7. The van der Waals surface area contributed by atoms with Gasteiger partial charge in [0.05, 0.1) is 6.61 Å². The molecule has 0 aromatic heterocycles. The maximum atomic E-state index is 12.7. The number of hydrogen-bond acceptors (Lipinski definition) is 3. The Hall–Kier alpha value is -2.13.